The maximum absolute atomic E-state index is 4.60. The molecule has 0 radical (unpaired) electrons. The summed E-state index contributed by atoms with van der Waals surface area (Å²) in [5, 5.41) is 4.54. The number of hydrogen-bond donors (Lipinski definition) is 1. The molecule has 1 saturated heterocycles. The van der Waals surface area contributed by atoms with Crippen molar-refractivity contribution in [3.05, 3.63) is 11.1 Å². The summed E-state index contributed by atoms with van der Waals surface area (Å²) in [6.45, 7) is 9.83. The number of nitrogens with one attached hydrogen (secondary N) is 1. The van der Waals surface area contributed by atoms with Crippen LogP contribution in [0.5, 0.6) is 0 Å². The molecule has 1 aliphatic rings. The molecule has 2 rings (SSSR count). The highest BCUT2D eigenvalue weighted by molar-refractivity contribution is 7.15. The van der Waals surface area contributed by atoms with Crippen molar-refractivity contribution in [3.63, 3.8) is 0 Å². The Morgan fingerprint density at radius 2 is 2.33 bits per heavy atom. The van der Waals surface area contributed by atoms with Gasteiger partial charge >= 0.3 is 0 Å². The molecule has 1 fully saturated rings. The molecule has 0 aliphatic carbocycles. The standard InChI is InChI=1S/C13H24N4S/c1-4-14-8-12-9-15-13(18-12)17-7-5-6-16(3)10-11(17)2/h9,11,14H,4-8,10H2,1-3H3. The quantitative estimate of drug-likeness (QED) is 0.902. The first-order valence-corrected chi connectivity index (χ1v) is 7.63. The predicted octanol–water partition coefficient (Wildman–Crippen LogP) is 1.78. The van der Waals surface area contributed by atoms with E-state index >= 15 is 0 Å². The molecule has 102 valence electrons. The third-order valence-electron chi connectivity index (χ3n) is 3.38. The van der Waals surface area contributed by atoms with Gasteiger partial charge in [-0.05, 0) is 33.5 Å². The normalized spacial score (nSPS) is 22.2. The molecule has 4 nitrogen and oxygen atoms in total. The van der Waals surface area contributed by atoms with Crippen molar-refractivity contribution >= 4 is 16.5 Å². The van der Waals surface area contributed by atoms with Gasteiger partial charge in [0.15, 0.2) is 5.13 Å². The number of hydrogen-bond acceptors (Lipinski definition) is 5. The minimum atomic E-state index is 0.552. The van der Waals surface area contributed by atoms with Crippen molar-refractivity contribution in [2.75, 3.05) is 38.1 Å². The van der Waals surface area contributed by atoms with Crippen LogP contribution in [0.25, 0.3) is 0 Å². The Labute approximate surface area is 114 Å². The van der Waals surface area contributed by atoms with E-state index in [1.807, 2.05) is 17.5 Å². The number of rotatable bonds is 4. The van der Waals surface area contributed by atoms with Crippen LogP contribution in [-0.4, -0.2) is 49.2 Å². The molecule has 5 heteroatoms. The minimum absolute atomic E-state index is 0.552. The molecule has 1 aromatic rings. The van der Waals surface area contributed by atoms with Crippen molar-refractivity contribution in [3.8, 4) is 0 Å². The van der Waals surface area contributed by atoms with Crippen molar-refractivity contribution in [1.29, 1.82) is 0 Å². The molecule has 1 N–H and O–H groups in total. The van der Waals surface area contributed by atoms with Crippen LogP contribution in [0.3, 0.4) is 0 Å². The van der Waals surface area contributed by atoms with E-state index in [1.165, 1.54) is 23.0 Å². The van der Waals surface area contributed by atoms with Gasteiger partial charge in [0.2, 0.25) is 0 Å². The van der Waals surface area contributed by atoms with Gasteiger partial charge in [-0.15, -0.1) is 11.3 Å². The zero-order valence-electron chi connectivity index (χ0n) is 11.6. The van der Waals surface area contributed by atoms with E-state index in [4.69, 9.17) is 0 Å². The summed E-state index contributed by atoms with van der Waals surface area (Å²) < 4.78 is 0. The largest absolute Gasteiger partial charge is 0.344 e. The van der Waals surface area contributed by atoms with E-state index in [0.717, 1.165) is 26.2 Å². The molecule has 1 aliphatic heterocycles. The monoisotopic (exact) mass is 268 g/mol. The van der Waals surface area contributed by atoms with Crippen molar-refractivity contribution in [1.82, 2.24) is 15.2 Å². The lowest BCUT2D eigenvalue weighted by molar-refractivity contribution is 0.337. The van der Waals surface area contributed by atoms with E-state index in [-0.39, 0.29) is 0 Å². The van der Waals surface area contributed by atoms with Gasteiger partial charge < -0.3 is 15.1 Å². The van der Waals surface area contributed by atoms with Gasteiger partial charge in [-0.3, -0.25) is 0 Å². The highest BCUT2D eigenvalue weighted by atomic mass is 32.1. The second-order valence-corrected chi connectivity index (χ2v) is 6.14. The molecule has 0 spiro atoms. The van der Waals surface area contributed by atoms with E-state index in [9.17, 15) is 0 Å². The second-order valence-electron chi connectivity index (χ2n) is 5.05. The van der Waals surface area contributed by atoms with Gasteiger partial charge in [0.25, 0.3) is 0 Å². The molecular weight excluding hydrogens is 244 g/mol. The fraction of sp³-hybridized carbons (Fsp3) is 0.769. The molecule has 1 atom stereocenters. The van der Waals surface area contributed by atoms with Crippen LogP contribution in [0.2, 0.25) is 0 Å². The summed E-state index contributed by atoms with van der Waals surface area (Å²) in [4.78, 5) is 10.8. The van der Waals surface area contributed by atoms with E-state index < -0.39 is 0 Å². The molecule has 0 bridgehead atoms. The Morgan fingerprint density at radius 1 is 1.50 bits per heavy atom. The lowest BCUT2D eigenvalue weighted by Gasteiger charge is -2.27. The first-order chi connectivity index (χ1) is 8.70. The Hall–Kier alpha value is -0.650. The predicted molar refractivity (Wildman–Crippen MR) is 78.4 cm³/mol. The van der Waals surface area contributed by atoms with E-state index in [1.54, 1.807) is 0 Å². The number of anilines is 1. The Kier molecular flexibility index (Phi) is 4.97. The van der Waals surface area contributed by atoms with Crippen LogP contribution in [-0.2, 0) is 6.54 Å². The number of nitrogens with zero attached hydrogens (tertiary/aromatic N) is 3. The smallest absolute Gasteiger partial charge is 0.185 e. The minimum Gasteiger partial charge on any atom is -0.344 e. The average molecular weight is 268 g/mol. The lowest BCUT2D eigenvalue weighted by atomic mass is 10.3. The zero-order chi connectivity index (χ0) is 13.0. The zero-order valence-corrected chi connectivity index (χ0v) is 12.5. The Bertz CT molecular complexity index is 366. The van der Waals surface area contributed by atoms with Crippen molar-refractivity contribution in [2.45, 2.75) is 32.9 Å². The highest BCUT2D eigenvalue weighted by Crippen LogP contribution is 2.25. The molecule has 0 saturated carbocycles. The summed E-state index contributed by atoms with van der Waals surface area (Å²) in [5.74, 6) is 0. The van der Waals surface area contributed by atoms with Gasteiger partial charge in [-0.25, -0.2) is 4.98 Å². The van der Waals surface area contributed by atoms with Gasteiger partial charge in [0.05, 0.1) is 0 Å². The first-order valence-electron chi connectivity index (χ1n) is 6.81. The Balaban J connectivity index is 2.02. The second kappa shape index (κ2) is 6.50. The molecule has 2 heterocycles. The number of likely N-dealkylation sites (N-methyl/N-ethyl adjacent to an activating group) is 1. The molecule has 0 aromatic carbocycles. The van der Waals surface area contributed by atoms with Crippen LogP contribution < -0.4 is 10.2 Å². The fourth-order valence-corrected chi connectivity index (χ4v) is 3.42. The SMILES string of the molecule is CCNCc1cnc(N2CCCN(C)CC2C)s1. The van der Waals surface area contributed by atoms with Crippen molar-refractivity contribution < 1.29 is 0 Å². The van der Waals surface area contributed by atoms with Crippen LogP contribution >= 0.6 is 11.3 Å². The van der Waals surface area contributed by atoms with Crippen LogP contribution in [0.4, 0.5) is 5.13 Å². The topological polar surface area (TPSA) is 31.4 Å². The van der Waals surface area contributed by atoms with Gasteiger partial charge in [0, 0.05) is 36.8 Å². The lowest BCUT2D eigenvalue weighted by Crippen LogP contribution is -2.37. The van der Waals surface area contributed by atoms with Crippen LogP contribution in [0, 0.1) is 0 Å². The van der Waals surface area contributed by atoms with Gasteiger partial charge in [-0.1, -0.05) is 6.92 Å². The van der Waals surface area contributed by atoms with Crippen LogP contribution in [0.15, 0.2) is 6.20 Å². The van der Waals surface area contributed by atoms with Crippen molar-refractivity contribution in [2.24, 2.45) is 0 Å². The van der Waals surface area contributed by atoms with Crippen LogP contribution in [0.1, 0.15) is 25.1 Å². The summed E-state index contributed by atoms with van der Waals surface area (Å²) in [6.07, 6.45) is 3.24. The summed E-state index contributed by atoms with van der Waals surface area (Å²) >= 11 is 1.83. The average Bonchev–Trinajstić information content (AvgIpc) is 2.73. The molecule has 18 heavy (non-hydrogen) atoms. The number of aromatic nitrogens is 1. The van der Waals surface area contributed by atoms with E-state index in [0.29, 0.717) is 6.04 Å². The molecular formula is C13H24N4S. The summed E-state index contributed by atoms with van der Waals surface area (Å²) in [6, 6.07) is 0.552. The molecule has 1 aromatic heterocycles. The third-order valence-corrected chi connectivity index (χ3v) is 4.42. The maximum atomic E-state index is 4.60. The highest BCUT2D eigenvalue weighted by Gasteiger charge is 2.21. The van der Waals surface area contributed by atoms with Gasteiger partial charge in [0.1, 0.15) is 0 Å². The Morgan fingerprint density at radius 3 is 3.11 bits per heavy atom. The summed E-state index contributed by atoms with van der Waals surface area (Å²) in [5.41, 5.74) is 0. The summed E-state index contributed by atoms with van der Waals surface area (Å²) in [7, 11) is 2.21. The molecule has 1 unspecified atom stereocenters. The molecule has 0 amide bonds. The van der Waals surface area contributed by atoms with Gasteiger partial charge in [-0.2, -0.15) is 0 Å². The third kappa shape index (κ3) is 3.43. The van der Waals surface area contributed by atoms with E-state index in [2.05, 4.69) is 41.0 Å². The maximum Gasteiger partial charge on any atom is 0.185 e. The number of thiazole rings is 1. The first kappa shape index (κ1) is 13.8. The fourth-order valence-electron chi connectivity index (χ4n) is 2.42.